The van der Waals surface area contributed by atoms with Crippen molar-refractivity contribution in [2.24, 2.45) is 5.92 Å². The Morgan fingerprint density at radius 1 is 1.19 bits per heavy atom. The van der Waals surface area contributed by atoms with Gasteiger partial charge in [0.1, 0.15) is 11.9 Å². The number of nitrogens with zero attached hydrogens (tertiary/aromatic N) is 1. The Labute approximate surface area is 123 Å². The third kappa shape index (κ3) is 2.77. The lowest BCUT2D eigenvalue weighted by Gasteiger charge is -2.36. The Balaban J connectivity index is 1.87. The molecule has 0 radical (unpaired) electrons. The molecule has 1 aromatic rings. The second-order valence-corrected chi connectivity index (χ2v) is 5.76. The van der Waals surface area contributed by atoms with E-state index in [1.54, 1.807) is 17.0 Å². The van der Waals surface area contributed by atoms with Crippen molar-refractivity contribution in [1.82, 2.24) is 10.2 Å². The second kappa shape index (κ2) is 5.84. The highest BCUT2D eigenvalue weighted by atomic mass is 19.1. The van der Waals surface area contributed by atoms with Gasteiger partial charge in [0.05, 0.1) is 0 Å². The standard InChI is InChI=1S/C16H19FN2O2/c17-13-7-5-11(6-8-13)14-15(20)18-9-10-19(14)16(21)12-3-1-2-4-12/h5-8,12,14H,1-4,9-10H2,(H,18,20). The van der Waals surface area contributed by atoms with Crippen LogP contribution in [-0.4, -0.2) is 29.8 Å². The molecule has 1 N–H and O–H groups in total. The van der Waals surface area contributed by atoms with Crippen LogP contribution in [0.15, 0.2) is 24.3 Å². The van der Waals surface area contributed by atoms with Crippen molar-refractivity contribution in [3.05, 3.63) is 35.6 Å². The molecule has 1 aromatic carbocycles. The molecule has 1 atom stereocenters. The van der Waals surface area contributed by atoms with Crippen LogP contribution in [0, 0.1) is 11.7 Å². The zero-order valence-corrected chi connectivity index (χ0v) is 11.8. The van der Waals surface area contributed by atoms with E-state index in [0.29, 0.717) is 18.7 Å². The molecule has 1 saturated carbocycles. The lowest BCUT2D eigenvalue weighted by molar-refractivity contribution is -0.146. The topological polar surface area (TPSA) is 49.4 Å². The number of rotatable bonds is 2. The van der Waals surface area contributed by atoms with Gasteiger partial charge >= 0.3 is 0 Å². The molecule has 1 saturated heterocycles. The van der Waals surface area contributed by atoms with Gasteiger partial charge < -0.3 is 10.2 Å². The van der Waals surface area contributed by atoms with Crippen LogP contribution in [0.5, 0.6) is 0 Å². The lowest BCUT2D eigenvalue weighted by Crippen LogP contribution is -2.53. The minimum Gasteiger partial charge on any atom is -0.352 e. The first-order chi connectivity index (χ1) is 10.2. The van der Waals surface area contributed by atoms with Crippen LogP contribution in [0.1, 0.15) is 37.3 Å². The highest BCUT2D eigenvalue weighted by molar-refractivity contribution is 5.90. The van der Waals surface area contributed by atoms with Gasteiger partial charge in [0.2, 0.25) is 11.8 Å². The van der Waals surface area contributed by atoms with Gasteiger partial charge in [0.15, 0.2) is 0 Å². The fourth-order valence-corrected chi connectivity index (χ4v) is 3.29. The van der Waals surface area contributed by atoms with Gasteiger partial charge in [-0.15, -0.1) is 0 Å². The summed E-state index contributed by atoms with van der Waals surface area (Å²) in [6, 6.07) is 5.19. The molecule has 0 aromatic heterocycles. The first-order valence-corrected chi connectivity index (χ1v) is 7.50. The first-order valence-electron chi connectivity index (χ1n) is 7.50. The van der Waals surface area contributed by atoms with E-state index in [1.165, 1.54) is 12.1 Å². The Morgan fingerprint density at radius 3 is 2.52 bits per heavy atom. The largest absolute Gasteiger partial charge is 0.352 e. The van der Waals surface area contributed by atoms with Crippen LogP contribution in [0.3, 0.4) is 0 Å². The zero-order chi connectivity index (χ0) is 14.8. The van der Waals surface area contributed by atoms with Crippen LogP contribution >= 0.6 is 0 Å². The number of nitrogens with one attached hydrogen (secondary N) is 1. The minimum atomic E-state index is -0.632. The van der Waals surface area contributed by atoms with Crippen molar-refractivity contribution in [2.75, 3.05) is 13.1 Å². The maximum absolute atomic E-state index is 13.1. The predicted molar refractivity (Wildman–Crippen MR) is 75.8 cm³/mol. The molecule has 4 nitrogen and oxygen atoms in total. The van der Waals surface area contributed by atoms with Crippen molar-refractivity contribution < 1.29 is 14.0 Å². The Kier molecular flexibility index (Phi) is 3.90. The van der Waals surface area contributed by atoms with Crippen LogP contribution in [0.25, 0.3) is 0 Å². The average molecular weight is 290 g/mol. The van der Waals surface area contributed by atoms with Gasteiger partial charge in [-0.3, -0.25) is 9.59 Å². The monoisotopic (exact) mass is 290 g/mol. The summed E-state index contributed by atoms with van der Waals surface area (Å²) in [6.07, 6.45) is 3.98. The summed E-state index contributed by atoms with van der Waals surface area (Å²) in [5, 5.41) is 2.79. The van der Waals surface area contributed by atoms with E-state index < -0.39 is 6.04 Å². The van der Waals surface area contributed by atoms with E-state index in [9.17, 15) is 14.0 Å². The maximum Gasteiger partial charge on any atom is 0.247 e. The molecule has 21 heavy (non-hydrogen) atoms. The number of halogens is 1. The van der Waals surface area contributed by atoms with Gasteiger partial charge in [-0.05, 0) is 30.5 Å². The summed E-state index contributed by atoms with van der Waals surface area (Å²) >= 11 is 0. The number of hydrogen-bond donors (Lipinski definition) is 1. The summed E-state index contributed by atoms with van der Waals surface area (Å²) in [5.74, 6) is -0.418. The van der Waals surface area contributed by atoms with E-state index in [1.807, 2.05) is 0 Å². The fourth-order valence-electron chi connectivity index (χ4n) is 3.29. The van der Waals surface area contributed by atoms with Crippen LogP contribution in [-0.2, 0) is 9.59 Å². The number of carbonyl (C=O) groups is 2. The summed E-state index contributed by atoms with van der Waals surface area (Å²) in [5.41, 5.74) is 0.667. The SMILES string of the molecule is O=C1NCCN(C(=O)C2CCCC2)C1c1ccc(F)cc1. The summed E-state index contributed by atoms with van der Waals surface area (Å²) in [7, 11) is 0. The Morgan fingerprint density at radius 2 is 1.86 bits per heavy atom. The van der Waals surface area contributed by atoms with Crippen molar-refractivity contribution in [2.45, 2.75) is 31.7 Å². The normalized spacial score (nSPS) is 23.2. The van der Waals surface area contributed by atoms with Crippen molar-refractivity contribution in [3.63, 3.8) is 0 Å². The minimum absolute atomic E-state index is 0.0406. The number of amides is 2. The molecule has 1 heterocycles. The molecule has 1 aliphatic heterocycles. The fraction of sp³-hybridized carbons (Fsp3) is 0.500. The molecular weight excluding hydrogens is 271 g/mol. The molecule has 0 spiro atoms. The highest BCUT2D eigenvalue weighted by Gasteiger charge is 2.37. The molecule has 2 aliphatic rings. The number of benzene rings is 1. The molecule has 1 unspecified atom stereocenters. The van der Waals surface area contributed by atoms with E-state index in [4.69, 9.17) is 0 Å². The van der Waals surface area contributed by atoms with Gasteiger partial charge in [-0.25, -0.2) is 4.39 Å². The molecule has 112 valence electrons. The quantitative estimate of drug-likeness (QED) is 0.906. The average Bonchev–Trinajstić information content (AvgIpc) is 3.02. The van der Waals surface area contributed by atoms with Crippen molar-refractivity contribution in [3.8, 4) is 0 Å². The Hall–Kier alpha value is -1.91. The zero-order valence-electron chi connectivity index (χ0n) is 11.8. The van der Waals surface area contributed by atoms with Crippen LogP contribution in [0.4, 0.5) is 4.39 Å². The summed E-state index contributed by atoms with van der Waals surface area (Å²) in [6.45, 7) is 0.998. The number of piperazine rings is 1. The highest BCUT2D eigenvalue weighted by Crippen LogP contribution is 2.31. The third-order valence-electron chi connectivity index (χ3n) is 4.39. The predicted octanol–water partition coefficient (Wildman–Crippen LogP) is 2.02. The van der Waals surface area contributed by atoms with Crippen molar-refractivity contribution in [1.29, 1.82) is 0 Å². The number of carbonyl (C=O) groups excluding carboxylic acids is 2. The lowest BCUT2D eigenvalue weighted by atomic mass is 9.99. The maximum atomic E-state index is 13.1. The van der Waals surface area contributed by atoms with Gasteiger partial charge in [-0.2, -0.15) is 0 Å². The van der Waals surface area contributed by atoms with Crippen LogP contribution < -0.4 is 5.32 Å². The molecule has 1 aliphatic carbocycles. The van der Waals surface area contributed by atoms with Gasteiger partial charge in [0.25, 0.3) is 0 Å². The molecule has 0 bridgehead atoms. The summed E-state index contributed by atoms with van der Waals surface area (Å²) in [4.78, 5) is 26.5. The van der Waals surface area contributed by atoms with Crippen LogP contribution in [0.2, 0.25) is 0 Å². The molecule has 2 amide bonds. The molecular formula is C16H19FN2O2. The van der Waals surface area contributed by atoms with E-state index in [0.717, 1.165) is 25.7 Å². The molecule has 5 heteroatoms. The second-order valence-electron chi connectivity index (χ2n) is 5.76. The van der Waals surface area contributed by atoms with E-state index in [2.05, 4.69) is 5.32 Å². The van der Waals surface area contributed by atoms with E-state index >= 15 is 0 Å². The molecule has 3 rings (SSSR count). The smallest absolute Gasteiger partial charge is 0.247 e. The first kappa shape index (κ1) is 14.0. The molecule has 2 fully saturated rings. The van der Waals surface area contributed by atoms with Gasteiger partial charge in [0, 0.05) is 19.0 Å². The Bertz CT molecular complexity index is 538. The van der Waals surface area contributed by atoms with Crippen molar-refractivity contribution >= 4 is 11.8 Å². The van der Waals surface area contributed by atoms with E-state index in [-0.39, 0.29) is 23.5 Å². The third-order valence-corrected chi connectivity index (χ3v) is 4.39. The van der Waals surface area contributed by atoms with Gasteiger partial charge in [-0.1, -0.05) is 25.0 Å². The summed E-state index contributed by atoms with van der Waals surface area (Å²) < 4.78 is 13.1. The number of hydrogen-bond acceptors (Lipinski definition) is 2.